The van der Waals surface area contributed by atoms with Crippen molar-refractivity contribution in [2.45, 2.75) is 278 Å². The largest absolute Gasteiger partial charge is 0.504 e. The second-order valence-corrected chi connectivity index (χ2v) is 32.0. The number of carbonyl (C=O) groups excluding carboxylic acids is 10. The summed E-state index contributed by atoms with van der Waals surface area (Å²) in [6, 6.07) is -1.22. The van der Waals surface area contributed by atoms with Crippen LogP contribution >= 0.6 is 0 Å². The molecule has 0 aromatic heterocycles. The van der Waals surface area contributed by atoms with Crippen LogP contribution in [0.2, 0.25) is 0 Å². The molecule has 0 aromatic rings. The minimum absolute atomic E-state index is 0.0112. The Morgan fingerprint density at radius 1 is 0.794 bits per heavy atom. The quantitative estimate of drug-likeness (QED) is 0.0287. The Kier molecular flexibility index (Phi) is 30.1. The molecule has 2 unspecified atom stereocenters. The first-order chi connectivity index (χ1) is 50.7. The minimum atomic E-state index is -2.49. The van der Waals surface area contributed by atoms with Gasteiger partial charge in [0.2, 0.25) is 11.6 Å². The Morgan fingerprint density at radius 3 is 2.12 bits per heavy atom. The molecule has 4 aliphatic carbocycles. The van der Waals surface area contributed by atoms with Crippen molar-refractivity contribution in [3.8, 4) is 0 Å². The van der Waals surface area contributed by atoms with Crippen LogP contribution in [-0.2, 0) is 90.6 Å². The monoisotopic (exact) mass is 1500 g/mol. The Balaban J connectivity index is 0.903. The molecule has 5 fully saturated rings. The molecule has 0 radical (unpaired) electrons. The first-order valence-corrected chi connectivity index (χ1v) is 39.1. The molecule has 3 N–H and O–H groups in total. The number of methoxy groups -OCH3 is 3. The number of unbranched alkanes of at least 4 members (excludes halogenated alkanes) is 1. The summed E-state index contributed by atoms with van der Waals surface area (Å²) >= 11 is 0. The second-order valence-electron chi connectivity index (χ2n) is 32.0. The van der Waals surface area contributed by atoms with Crippen LogP contribution in [0.4, 0.5) is 0 Å². The molecule has 8 rings (SSSR count). The van der Waals surface area contributed by atoms with Crippen LogP contribution in [-0.4, -0.2) is 198 Å². The zero-order chi connectivity index (χ0) is 78.6. The average Bonchev–Trinajstić information content (AvgIpc) is 1.66. The topological polar surface area (TPSA) is 321 Å². The molecule has 8 aliphatic rings. The van der Waals surface area contributed by atoms with E-state index in [0.29, 0.717) is 114 Å². The van der Waals surface area contributed by atoms with Gasteiger partial charge in [-0.1, -0.05) is 78.0 Å². The SMILES string of the molecule is CCN(/C=C1\C(=O)O[C@H](COC)[C@@]2(C)C1=C(O)C(=O)C1=C2[C@H](OC(C)=O)C[C@@]2(C)C1CC[C@@H]2OC(=O)CCCCC(=O)OC1CCC(C[C@@H](C)[C@@H]2CC(=O)[C@H](C)/C=C(\C)[C@@H](O)[C@@H](OC)C(=O)[C@H](C)C[C@H](C)/C=C/C=C/C=C(\C)[C@@H](OC)C[C@@H]3CC[C@@H](C)[C@@](O)(O3)C(=O)C(=O)N3CCCCC3C(=O)O2)CC1)CC. The number of esters is 5. The summed E-state index contributed by atoms with van der Waals surface area (Å²) in [5.41, 5.74) is -0.302. The lowest BCUT2D eigenvalue weighted by Gasteiger charge is -2.54. The van der Waals surface area contributed by atoms with E-state index < -0.39 is 154 Å². The Bertz CT molecular complexity index is 3500. The first-order valence-electron chi connectivity index (χ1n) is 39.1. The van der Waals surface area contributed by atoms with Crippen LogP contribution in [0.15, 0.2) is 81.9 Å². The summed E-state index contributed by atoms with van der Waals surface area (Å²) in [6.07, 6.45) is 11.9. The number of amides is 1. The number of hydrogen-bond donors (Lipinski definition) is 3. The minimum Gasteiger partial charge on any atom is -0.504 e. The van der Waals surface area contributed by atoms with Crippen molar-refractivity contribution in [3.63, 3.8) is 0 Å². The van der Waals surface area contributed by atoms with Gasteiger partial charge in [-0.15, -0.1) is 0 Å². The van der Waals surface area contributed by atoms with E-state index in [4.69, 9.17) is 42.6 Å². The van der Waals surface area contributed by atoms with Crippen LogP contribution < -0.4 is 0 Å². The molecule has 2 bridgehead atoms. The van der Waals surface area contributed by atoms with Gasteiger partial charge >= 0.3 is 29.8 Å². The number of nitrogens with zero attached hydrogens (tertiary/aromatic N) is 2. The highest BCUT2D eigenvalue weighted by atomic mass is 16.6. The fourth-order valence-corrected chi connectivity index (χ4v) is 18.0. The first kappa shape index (κ1) is 85.6. The summed E-state index contributed by atoms with van der Waals surface area (Å²) in [5.74, 6) is -12.7. The zero-order valence-electron chi connectivity index (χ0n) is 65.8. The Labute approximate surface area is 631 Å². The molecular weight excluding hydrogens is 1380 g/mol. The molecule has 0 spiro atoms. The van der Waals surface area contributed by atoms with Crippen molar-refractivity contribution in [3.05, 3.63) is 81.9 Å². The fourth-order valence-electron chi connectivity index (χ4n) is 18.0. The highest BCUT2D eigenvalue weighted by molar-refractivity contribution is 6.39. The third-order valence-electron chi connectivity index (χ3n) is 24.4. The van der Waals surface area contributed by atoms with E-state index in [0.717, 1.165) is 5.57 Å². The van der Waals surface area contributed by atoms with Crippen molar-refractivity contribution >= 4 is 58.9 Å². The van der Waals surface area contributed by atoms with Crippen LogP contribution in [0, 0.1) is 52.3 Å². The number of rotatable bonds is 18. The van der Waals surface area contributed by atoms with Gasteiger partial charge in [0, 0.05) is 114 Å². The summed E-state index contributed by atoms with van der Waals surface area (Å²) in [4.78, 5) is 144. The molecule has 24 heteroatoms. The third-order valence-corrected chi connectivity index (χ3v) is 24.4. The van der Waals surface area contributed by atoms with E-state index in [1.165, 1.54) is 26.0 Å². The molecule has 18 atom stereocenters. The predicted molar refractivity (Wildman–Crippen MR) is 395 cm³/mol. The number of hydrogen-bond acceptors (Lipinski definition) is 23. The molecule has 24 nitrogen and oxygen atoms in total. The Morgan fingerprint density at radius 2 is 1.48 bits per heavy atom. The lowest BCUT2D eigenvalue weighted by molar-refractivity contribution is -0.265. The summed E-state index contributed by atoms with van der Waals surface area (Å²) < 4.78 is 54.1. The maximum absolute atomic E-state index is 14.8. The number of aliphatic hydroxyl groups excluding tert-OH is 2. The highest BCUT2D eigenvalue weighted by Gasteiger charge is 2.65. The van der Waals surface area contributed by atoms with Crippen LogP contribution in [0.1, 0.15) is 212 Å². The number of piperidine rings is 1. The molecular formula is C83H120N2O22. The van der Waals surface area contributed by atoms with Gasteiger partial charge in [0.25, 0.3) is 11.7 Å². The molecule has 594 valence electrons. The van der Waals surface area contributed by atoms with Crippen LogP contribution in [0.3, 0.4) is 0 Å². The average molecular weight is 1500 g/mol. The van der Waals surface area contributed by atoms with Gasteiger partial charge in [-0.2, -0.15) is 0 Å². The zero-order valence-corrected chi connectivity index (χ0v) is 65.8. The van der Waals surface area contributed by atoms with Crippen molar-refractivity contribution in [1.82, 2.24) is 9.80 Å². The lowest BCUT2D eigenvalue weighted by atomic mass is 9.53. The molecule has 1 amide bonds. The van der Waals surface area contributed by atoms with Gasteiger partial charge < -0.3 is 67.8 Å². The summed E-state index contributed by atoms with van der Waals surface area (Å²) in [6.45, 7) is 22.3. The van der Waals surface area contributed by atoms with Crippen LogP contribution in [0.5, 0.6) is 0 Å². The predicted octanol–water partition coefficient (Wildman–Crippen LogP) is 10.8. The molecule has 3 saturated heterocycles. The number of Topliss-reactive ketones (excluding diaryl/α,β-unsaturated/α-hetero) is 4. The van der Waals surface area contributed by atoms with Crippen LogP contribution in [0.25, 0.3) is 0 Å². The van der Waals surface area contributed by atoms with E-state index in [1.807, 2.05) is 76.8 Å². The van der Waals surface area contributed by atoms with Crippen molar-refractivity contribution < 1.29 is 106 Å². The number of cyclic esters (lactones) is 2. The van der Waals surface area contributed by atoms with Crippen molar-refractivity contribution in [2.75, 3.05) is 47.6 Å². The maximum atomic E-state index is 14.8. The summed E-state index contributed by atoms with van der Waals surface area (Å²) in [5, 5.41) is 35.8. The van der Waals surface area contributed by atoms with E-state index in [9.17, 15) is 63.3 Å². The van der Waals surface area contributed by atoms with E-state index in [-0.39, 0.29) is 97.9 Å². The van der Waals surface area contributed by atoms with Gasteiger partial charge in [-0.05, 0) is 178 Å². The lowest BCUT2D eigenvalue weighted by Crippen LogP contribution is -2.61. The van der Waals surface area contributed by atoms with E-state index in [1.54, 1.807) is 54.0 Å². The van der Waals surface area contributed by atoms with Gasteiger partial charge in [0.05, 0.1) is 29.8 Å². The van der Waals surface area contributed by atoms with E-state index >= 15 is 0 Å². The van der Waals surface area contributed by atoms with Crippen molar-refractivity contribution in [2.24, 2.45) is 52.3 Å². The van der Waals surface area contributed by atoms with Gasteiger partial charge in [0.15, 0.2) is 11.5 Å². The number of ketones is 4. The molecule has 2 saturated carbocycles. The summed E-state index contributed by atoms with van der Waals surface area (Å²) in [7, 11) is 4.38. The highest BCUT2D eigenvalue weighted by Crippen LogP contribution is 2.64. The fraction of sp³-hybridized carbons (Fsp3) is 0.711. The second kappa shape index (κ2) is 37.6. The number of carbonyl (C=O) groups is 10. The van der Waals surface area contributed by atoms with Crippen molar-refractivity contribution in [1.29, 1.82) is 0 Å². The number of aliphatic hydroxyl groups is 3. The molecule has 107 heavy (non-hydrogen) atoms. The van der Waals surface area contributed by atoms with Gasteiger partial charge in [-0.25, -0.2) is 9.59 Å². The smallest absolute Gasteiger partial charge is 0.340 e. The van der Waals surface area contributed by atoms with E-state index in [2.05, 4.69) is 0 Å². The number of ether oxygens (including phenoxy) is 9. The third kappa shape index (κ3) is 19.6. The maximum Gasteiger partial charge on any atom is 0.340 e. The number of allylic oxidation sites excluding steroid dienone is 7. The molecule has 0 aromatic carbocycles. The standard InChI is InChI=1S/C83H120N2O22/c1-16-84(17-2)45-58-70-75(93)74(92)69-59-36-37-65(81(59,11)44-64(102-54(10)86)71(69)82(70,12)66(46-99-13)106-79(58)96)105-68(89)29-22-21-28-67(88)103-56-34-31-55(32-35-56)41-50(6)63-43-61(87)49(5)40-52(8)73(91)76(101-15)72(90)51(7)39-47(3)25-19-18-20-26-48(4)62(100-14)42-57-33-30-53(9)83(98,107-57)77(94)78(95)85-38-24-23-27-60(85)80(97)104-63/h18-20,25-26,40,45,47,49-51,53,55-57,59-60,62-66,73,76,91,93,98H,16-17,21-24,27-39,41-44,46H2,1-15H3/b20-18+,25-19+,48-26+,52-40+,58-45-/t47-,49-,50-,51-,53-,55?,56?,57+,59?,60?,62+,63+,64-,65+,66-,73-,76+,81+,82+,83-/m1/s1. The number of fused-ring (bicyclic) bond motifs is 7. The van der Waals surface area contributed by atoms with Gasteiger partial charge in [0.1, 0.15) is 54.6 Å². The molecule has 4 aliphatic heterocycles. The Hall–Kier alpha value is -6.96. The molecule has 4 heterocycles. The van der Waals surface area contributed by atoms with Gasteiger partial charge in [-0.3, -0.25) is 38.4 Å². The normalized spacial score (nSPS) is 37.0.